The molecule has 3 rings (SSSR count). The first kappa shape index (κ1) is 21.5. The topological polar surface area (TPSA) is 164 Å². The fourth-order valence-corrected chi connectivity index (χ4v) is 4.37. The highest BCUT2D eigenvalue weighted by Gasteiger charge is 2.54. The van der Waals surface area contributed by atoms with Crippen LogP contribution in [0.1, 0.15) is 18.5 Å². The van der Waals surface area contributed by atoms with Gasteiger partial charge in [-0.25, -0.2) is 4.79 Å². The Morgan fingerprint density at radius 1 is 1.36 bits per heavy atom. The Bertz CT molecular complexity index is 851. The molecule has 28 heavy (non-hydrogen) atoms. The number of aromatic hydroxyl groups is 1. The highest BCUT2D eigenvalue weighted by Crippen LogP contribution is 2.40. The molecule has 2 aliphatic rings. The Hall–Kier alpha value is -2.82. The molecule has 0 saturated carbocycles. The van der Waals surface area contributed by atoms with Gasteiger partial charge in [0, 0.05) is 5.75 Å². The van der Waals surface area contributed by atoms with Crippen LogP contribution < -0.4 is 11.1 Å². The predicted molar refractivity (Wildman–Crippen MR) is 103 cm³/mol. The fraction of sp³-hybridized carbons (Fsp3) is 0.278. The quantitative estimate of drug-likeness (QED) is 0.494. The number of aliphatic carboxylic acids is 1. The number of carboxylic acids is 1. The Kier molecular flexibility index (Phi) is 6.49. The largest absolute Gasteiger partial charge is 0.508 e. The molecule has 0 bridgehead atoms. The molecule has 0 radical (unpaired) electrons. The predicted octanol–water partition coefficient (Wildman–Crippen LogP) is -0.118. The van der Waals surface area contributed by atoms with Crippen LogP contribution in [-0.2, 0) is 14.4 Å². The van der Waals surface area contributed by atoms with Gasteiger partial charge in [-0.2, -0.15) is 0 Å². The minimum Gasteiger partial charge on any atom is -0.508 e. The van der Waals surface area contributed by atoms with Crippen molar-refractivity contribution < 1.29 is 30.1 Å². The van der Waals surface area contributed by atoms with Gasteiger partial charge in [-0.15, -0.1) is 11.8 Å². The number of rotatable bonds is 5. The molecule has 7 N–H and O–H groups in total. The van der Waals surface area contributed by atoms with E-state index in [1.54, 1.807) is 19.1 Å². The number of nitrogens with one attached hydrogen (secondary N) is 1. The van der Waals surface area contributed by atoms with Gasteiger partial charge in [0.1, 0.15) is 28.9 Å². The Morgan fingerprint density at radius 2 is 2.00 bits per heavy atom. The van der Waals surface area contributed by atoms with E-state index in [0.29, 0.717) is 16.9 Å². The van der Waals surface area contributed by atoms with Gasteiger partial charge in [-0.1, -0.05) is 24.3 Å². The first-order chi connectivity index (χ1) is 12.8. The van der Waals surface area contributed by atoms with Gasteiger partial charge >= 0.3 is 5.97 Å². The second-order valence-corrected chi connectivity index (χ2v) is 7.25. The molecule has 2 amide bonds. The highest BCUT2D eigenvalue weighted by atomic mass is 32.2. The number of nitrogens with zero attached hydrogens (tertiary/aromatic N) is 1. The number of thioether (sulfide) groups is 1. The summed E-state index contributed by atoms with van der Waals surface area (Å²) in [6.45, 7) is 1.77. The maximum Gasteiger partial charge on any atom is 0.352 e. The first-order valence-electron chi connectivity index (χ1n) is 8.24. The average molecular weight is 407 g/mol. The summed E-state index contributed by atoms with van der Waals surface area (Å²) in [7, 11) is 0. The summed E-state index contributed by atoms with van der Waals surface area (Å²) in [5.41, 5.74) is 6.93. The van der Waals surface area contributed by atoms with E-state index < -0.39 is 35.2 Å². The highest BCUT2D eigenvalue weighted by molar-refractivity contribution is 8.00. The van der Waals surface area contributed by atoms with E-state index >= 15 is 0 Å². The van der Waals surface area contributed by atoms with Crippen molar-refractivity contribution in [3.05, 3.63) is 53.3 Å². The van der Waals surface area contributed by atoms with E-state index in [-0.39, 0.29) is 16.9 Å². The average Bonchev–Trinajstić information content (AvgIpc) is 2.65. The monoisotopic (exact) mass is 407 g/mol. The van der Waals surface area contributed by atoms with Crippen LogP contribution in [0.3, 0.4) is 0 Å². The summed E-state index contributed by atoms with van der Waals surface area (Å²) < 4.78 is 0. The fourth-order valence-electron chi connectivity index (χ4n) is 3.05. The van der Waals surface area contributed by atoms with Crippen LogP contribution in [0, 0.1) is 0 Å². The van der Waals surface area contributed by atoms with Crippen LogP contribution in [0.2, 0.25) is 0 Å². The SMILES string of the molecule is CC=CC1=C(C(=O)O)N2C(=O)C(NC(=O)C(N)c3ccc(O)cc3)C2SC1.O. The summed E-state index contributed by atoms with van der Waals surface area (Å²) in [5.74, 6) is -1.71. The molecule has 150 valence electrons. The molecule has 2 heterocycles. The summed E-state index contributed by atoms with van der Waals surface area (Å²) >= 11 is 1.39. The van der Waals surface area contributed by atoms with Crippen LogP contribution in [0.15, 0.2) is 47.7 Å². The Balaban J connectivity index is 0.00000280. The molecule has 0 aliphatic carbocycles. The molecule has 9 nitrogen and oxygen atoms in total. The zero-order valence-electron chi connectivity index (χ0n) is 15.0. The van der Waals surface area contributed by atoms with E-state index in [9.17, 15) is 24.6 Å². The summed E-state index contributed by atoms with van der Waals surface area (Å²) in [4.78, 5) is 37.7. The first-order valence-corrected chi connectivity index (χ1v) is 9.28. The summed E-state index contributed by atoms with van der Waals surface area (Å²) in [5, 5.41) is 20.9. The maximum absolute atomic E-state index is 12.5. The van der Waals surface area contributed by atoms with Gasteiger partial charge in [-0.3, -0.25) is 14.5 Å². The minimum atomic E-state index is -1.17. The third kappa shape index (κ3) is 3.75. The smallest absolute Gasteiger partial charge is 0.352 e. The molecule has 1 fully saturated rings. The lowest BCUT2D eigenvalue weighted by Crippen LogP contribution is -2.71. The van der Waals surface area contributed by atoms with Crippen molar-refractivity contribution in [1.82, 2.24) is 10.2 Å². The standard InChI is InChI=1S/C18H19N3O5S.H2O/c1-2-3-10-8-27-17-13(16(24)21(17)14(10)18(25)26)20-15(23)12(19)9-4-6-11(22)7-5-9;/h2-7,12-13,17,22H,8,19H2,1H3,(H,20,23)(H,25,26);1H2. The lowest BCUT2D eigenvalue weighted by Gasteiger charge is -2.49. The van der Waals surface area contributed by atoms with E-state index in [4.69, 9.17) is 5.73 Å². The van der Waals surface area contributed by atoms with Crippen molar-refractivity contribution in [2.45, 2.75) is 24.4 Å². The lowest BCUT2D eigenvalue weighted by molar-refractivity contribution is -0.150. The molecule has 3 unspecified atom stereocenters. The van der Waals surface area contributed by atoms with Crippen molar-refractivity contribution in [3.8, 4) is 5.75 Å². The van der Waals surface area contributed by atoms with Crippen molar-refractivity contribution in [3.63, 3.8) is 0 Å². The number of nitrogens with two attached hydrogens (primary N) is 1. The van der Waals surface area contributed by atoms with Gasteiger partial charge in [0.2, 0.25) is 5.91 Å². The van der Waals surface area contributed by atoms with Crippen LogP contribution >= 0.6 is 11.8 Å². The zero-order valence-corrected chi connectivity index (χ0v) is 15.8. The molecule has 1 aromatic carbocycles. The second kappa shape index (κ2) is 8.46. The van der Waals surface area contributed by atoms with Crippen LogP contribution in [0.4, 0.5) is 0 Å². The molecular formula is C18H21N3O6S. The van der Waals surface area contributed by atoms with Crippen molar-refractivity contribution in [1.29, 1.82) is 0 Å². The van der Waals surface area contributed by atoms with Gasteiger partial charge in [0.25, 0.3) is 5.91 Å². The normalized spacial score (nSPS) is 22.2. The molecule has 1 saturated heterocycles. The Morgan fingerprint density at radius 3 is 2.57 bits per heavy atom. The third-order valence-corrected chi connectivity index (χ3v) is 5.70. The van der Waals surface area contributed by atoms with Crippen molar-refractivity contribution in [2.75, 3.05) is 5.75 Å². The van der Waals surface area contributed by atoms with Gasteiger partial charge in [0.05, 0.1) is 0 Å². The molecular weight excluding hydrogens is 386 g/mol. The number of β-lactam (4-membered cyclic amide) rings is 1. The van der Waals surface area contributed by atoms with Crippen molar-refractivity contribution >= 4 is 29.5 Å². The zero-order chi connectivity index (χ0) is 19.7. The number of carboxylic acid groups (broad SMARTS) is 1. The lowest BCUT2D eigenvalue weighted by atomic mass is 10.0. The van der Waals surface area contributed by atoms with E-state index in [0.717, 1.165) is 0 Å². The van der Waals surface area contributed by atoms with E-state index in [1.165, 1.54) is 40.9 Å². The molecule has 2 aliphatic heterocycles. The number of hydrogen-bond donors (Lipinski definition) is 4. The van der Waals surface area contributed by atoms with Crippen LogP contribution in [0.25, 0.3) is 0 Å². The Labute approximate surface area is 165 Å². The summed E-state index contributed by atoms with van der Waals surface area (Å²) in [6.07, 6.45) is 3.39. The van der Waals surface area contributed by atoms with E-state index in [2.05, 4.69) is 5.32 Å². The van der Waals surface area contributed by atoms with Gasteiger partial charge < -0.3 is 26.7 Å². The van der Waals surface area contributed by atoms with E-state index in [1.807, 2.05) is 0 Å². The third-order valence-electron chi connectivity index (χ3n) is 4.40. The minimum absolute atomic E-state index is 0. The number of fused-ring (bicyclic) bond motifs is 1. The van der Waals surface area contributed by atoms with Gasteiger partial charge in [0.15, 0.2) is 0 Å². The second-order valence-electron chi connectivity index (χ2n) is 6.14. The molecule has 10 heteroatoms. The van der Waals surface area contributed by atoms with Crippen molar-refractivity contribution in [2.24, 2.45) is 5.73 Å². The molecule has 1 aromatic rings. The van der Waals surface area contributed by atoms with Crippen LogP contribution in [0.5, 0.6) is 5.75 Å². The van der Waals surface area contributed by atoms with Gasteiger partial charge in [-0.05, 0) is 30.2 Å². The number of benzene rings is 1. The molecule has 3 atom stereocenters. The number of phenols is 1. The number of amides is 2. The number of hydrogen-bond acceptors (Lipinski definition) is 6. The van der Waals surface area contributed by atoms with Crippen LogP contribution in [-0.4, -0.2) is 55.5 Å². The molecule has 0 aromatic heterocycles. The molecule has 0 spiro atoms. The number of allylic oxidation sites excluding steroid dienone is 2. The summed E-state index contributed by atoms with van der Waals surface area (Å²) in [6, 6.07) is 4.06. The number of carbonyl (C=O) groups is 3. The number of phenolic OH excluding ortho intramolecular Hbond substituents is 1. The maximum atomic E-state index is 12.5. The number of carbonyl (C=O) groups excluding carboxylic acids is 2.